The first-order valence-corrected chi connectivity index (χ1v) is 11.9. The zero-order chi connectivity index (χ0) is 21.6. The molecular weight excluding hydrogens is 396 g/mol. The fourth-order valence-corrected chi connectivity index (χ4v) is 6.42. The standard InChI is InChI=1S/C25H34O6/c1-16-11-12-20-17(2)21(10-7-15-27-22(26)18-8-5-4-6-9-18)28-23-25(20)19(16)13-14-24(3,29-23)30-31-25/h4-6,8-9,16-17,19-21,23H,7,10-15H2,1-3H3/t16-,17-,19+,20+,21-,23?,24+,25-/m1/s1. The molecule has 6 heteroatoms. The lowest BCUT2D eigenvalue weighted by molar-refractivity contribution is -0.571. The van der Waals surface area contributed by atoms with Crippen LogP contribution in [0.1, 0.15) is 69.7 Å². The van der Waals surface area contributed by atoms with Crippen molar-refractivity contribution in [2.45, 2.75) is 83.1 Å². The number of hydrogen-bond acceptors (Lipinski definition) is 6. The number of fused-ring (bicyclic) bond motifs is 2. The molecular formula is C25H34O6. The fraction of sp³-hybridized carbons (Fsp3) is 0.720. The van der Waals surface area contributed by atoms with Gasteiger partial charge in [-0.1, -0.05) is 32.0 Å². The van der Waals surface area contributed by atoms with Crippen LogP contribution >= 0.6 is 0 Å². The SMILES string of the molecule is C[C@H]1[C@@H](CCCOC(=O)c2ccccc2)OC2O[C@]3(C)CC[C@H]4[C@H](C)CC[C@@H]1[C@@]24OO3. The van der Waals surface area contributed by atoms with Crippen LogP contribution in [-0.4, -0.2) is 36.4 Å². The summed E-state index contributed by atoms with van der Waals surface area (Å²) in [6, 6.07) is 9.12. The van der Waals surface area contributed by atoms with Crippen LogP contribution in [0.5, 0.6) is 0 Å². The third-order valence-electron chi connectivity index (χ3n) is 8.17. The molecule has 0 aromatic heterocycles. The summed E-state index contributed by atoms with van der Waals surface area (Å²) in [5.41, 5.74) is 0.0750. The van der Waals surface area contributed by atoms with Crippen LogP contribution in [0, 0.1) is 23.7 Å². The molecule has 1 aliphatic carbocycles. The summed E-state index contributed by atoms with van der Waals surface area (Å²) < 4.78 is 18.5. The minimum atomic E-state index is -0.742. The van der Waals surface area contributed by atoms with Crippen molar-refractivity contribution < 1.29 is 28.8 Å². The summed E-state index contributed by atoms with van der Waals surface area (Å²) in [5.74, 6) is 0.599. The van der Waals surface area contributed by atoms with Gasteiger partial charge in [0.05, 0.1) is 18.3 Å². The Morgan fingerprint density at radius 1 is 1.10 bits per heavy atom. The predicted octanol–water partition coefficient (Wildman–Crippen LogP) is 4.87. The van der Waals surface area contributed by atoms with Gasteiger partial charge in [-0.15, -0.1) is 0 Å². The molecule has 6 rings (SSSR count). The van der Waals surface area contributed by atoms with Crippen LogP contribution in [0.4, 0.5) is 0 Å². The summed E-state index contributed by atoms with van der Waals surface area (Å²) >= 11 is 0. The Hall–Kier alpha value is -1.47. The normalized spacial score (nSPS) is 43.7. The van der Waals surface area contributed by atoms with Crippen LogP contribution in [0.15, 0.2) is 30.3 Å². The lowest BCUT2D eigenvalue weighted by Gasteiger charge is -2.60. The maximum absolute atomic E-state index is 12.2. The molecule has 1 aromatic carbocycles. The first-order valence-electron chi connectivity index (χ1n) is 11.9. The molecule has 1 saturated carbocycles. The molecule has 0 amide bonds. The number of carbonyl (C=O) groups is 1. The summed E-state index contributed by atoms with van der Waals surface area (Å²) in [5, 5.41) is 0. The van der Waals surface area contributed by atoms with Gasteiger partial charge in [-0.25, -0.2) is 14.6 Å². The molecule has 31 heavy (non-hydrogen) atoms. The number of hydrogen-bond donors (Lipinski definition) is 0. The van der Waals surface area contributed by atoms with Gasteiger partial charge in [0.15, 0.2) is 11.9 Å². The highest BCUT2D eigenvalue weighted by Crippen LogP contribution is 2.60. The molecule has 0 N–H and O–H groups in total. The van der Waals surface area contributed by atoms with Crippen molar-refractivity contribution in [1.82, 2.24) is 0 Å². The Kier molecular flexibility index (Phi) is 5.62. The molecule has 6 nitrogen and oxygen atoms in total. The molecule has 4 saturated heterocycles. The van der Waals surface area contributed by atoms with Crippen LogP contribution < -0.4 is 0 Å². The molecule has 8 atom stereocenters. The summed E-state index contributed by atoms with van der Waals surface area (Å²) in [6.07, 6.45) is 5.40. The Balaban J connectivity index is 1.25. The van der Waals surface area contributed by atoms with Crippen LogP contribution in [0.3, 0.4) is 0 Å². The zero-order valence-corrected chi connectivity index (χ0v) is 18.8. The molecule has 1 aromatic rings. The van der Waals surface area contributed by atoms with Crippen LogP contribution in [-0.2, 0) is 24.0 Å². The van der Waals surface area contributed by atoms with Gasteiger partial charge in [-0.3, -0.25) is 0 Å². The van der Waals surface area contributed by atoms with Crippen molar-refractivity contribution in [2.75, 3.05) is 6.61 Å². The maximum atomic E-state index is 12.2. The Morgan fingerprint density at radius 3 is 2.71 bits per heavy atom. The van der Waals surface area contributed by atoms with Gasteiger partial charge in [0, 0.05) is 12.3 Å². The maximum Gasteiger partial charge on any atom is 0.338 e. The van der Waals surface area contributed by atoms with Gasteiger partial charge in [-0.2, -0.15) is 0 Å². The molecule has 0 radical (unpaired) electrons. The van der Waals surface area contributed by atoms with Crippen molar-refractivity contribution in [1.29, 1.82) is 0 Å². The van der Waals surface area contributed by atoms with Crippen LogP contribution in [0.2, 0.25) is 0 Å². The average molecular weight is 431 g/mol. The molecule has 2 bridgehead atoms. The van der Waals surface area contributed by atoms with Gasteiger partial charge < -0.3 is 14.2 Å². The number of carbonyl (C=O) groups excluding carboxylic acids is 1. The molecule has 5 fully saturated rings. The third kappa shape index (κ3) is 3.62. The Morgan fingerprint density at radius 2 is 1.90 bits per heavy atom. The van der Waals surface area contributed by atoms with Crippen molar-refractivity contribution in [3.8, 4) is 0 Å². The van der Waals surface area contributed by atoms with Gasteiger partial charge in [0.2, 0.25) is 5.79 Å². The van der Waals surface area contributed by atoms with Gasteiger partial charge in [-0.05, 0) is 68.9 Å². The zero-order valence-electron chi connectivity index (χ0n) is 18.8. The van der Waals surface area contributed by atoms with Gasteiger partial charge >= 0.3 is 5.97 Å². The molecule has 4 aliphatic heterocycles. The molecule has 5 aliphatic rings. The van der Waals surface area contributed by atoms with Gasteiger partial charge in [0.1, 0.15) is 0 Å². The monoisotopic (exact) mass is 430 g/mol. The average Bonchev–Trinajstić information content (AvgIpc) is 3.01. The molecule has 1 spiro atoms. The summed E-state index contributed by atoms with van der Waals surface area (Å²) in [4.78, 5) is 24.2. The van der Waals surface area contributed by atoms with E-state index < -0.39 is 17.7 Å². The highest BCUT2D eigenvalue weighted by Gasteiger charge is 2.69. The second-order valence-electron chi connectivity index (χ2n) is 10.1. The summed E-state index contributed by atoms with van der Waals surface area (Å²) in [7, 11) is 0. The van der Waals surface area contributed by atoms with E-state index in [-0.39, 0.29) is 12.1 Å². The minimum absolute atomic E-state index is 0.0525. The van der Waals surface area contributed by atoms with E-state index in [1.807, 2.05) is 25.1 Å². The Labute approximate surface area is 184 Å². The predicted molar refractivity (Wildman–Crippen MR) is 113 cm³/mol. The van der Waals surface area contributed by atoms with Gasteiger partial charge in [0.25, 0.3) is 0 Å². The fourth-order valence-electron chi connectivity index (χ4n) is 6.42. The summed E-state index contributed by atoms with van der Waals surface area (Å²) in [6.45, 7) is 6.94. The third-order valence-corrected chi connectivity index (χ3v) is 8.17. The number of benzene rings is 1. The first kappa shape index (κ1) is 21.4. The number of rotatable bonds is 5. The van der Waals surface area contributed by atoms with E-state index in [9.17, 15) is 4.79 Å². The lowest BCUT2D eigenvalue weighted by atomic mass is 9.57. The van der Waals surface area contributed by atoms with E-state index in [1.165, 1.54) is 6.42 Å². The molecule has 170 valence electrons. The minimum Gasteiger partial charge on any atom is -0.462 e. The second-order valence-corrected chi connectivity index (χ2v) is 10.1. The van der Waals surface area contributed by atoms with Crippen molar-refractivity contribution >= 4 is 5.97 Å². The van der Waals surface area contributed by atoms with Crippen molar-refractivity contribution in [3.63, 3.8) is 0 Å². The van der Waals surface area contributed by atoms with E-state index in [4.69, 9.17) is 24.0 Å². The van der Waals surface area contributed by atoms with Crippen molar-refractivity contribution in [3.05, 3.63) is 35.9 Å². The molecule has 4 heterocycles. The smallest absolute Gasteiger partial charge is 0.338 e. The highest BCUT2D eigenvalue weighted by atomic mass is 17.3. The highest BCUT2D eigenvalue weighted by molar-refractivity contribution is 5.89. The Bertz CT molecular complexity index is 798. The second kappa shape index (κ2) is 8.14. The van der Waals surface area contributed by atoms with Crippen molar-refractivity contribution in [2.24, 2.45) is 23.7 Å². The number of esters is 1. The topological polar surface area (TPSA) is 63.2 Å². The van der Waals surface area contributed by atoms with E-state index in [1.54, 1.807) is 12.1 Å². The lowest BCUT2D eigenvalue weighted by Crippen LogP contribution is -2.70. The van der Waals surface area contributed by atoms with E-state index in [0.29, 0.717) is 35.8 Å². The largest absolute Gasteiger partial charge is 0.462 e. The quantitative estimate of drug-likeness (QED) is 0.377. The molecule has 1 unspecified atom stereocenters. The van der Waals surface area contributed by atoms with E-state index in [0.717, 1.165) is 32.1 Å². The number of ether oxygens (including phenoxy) is 3. The first-order chi connectivity index (χ1) is 14.9. The van der Waals surface area contributed by atoms with Crippen LogP contribution in [0.25, 0.3) is 0 Å². The van der Waals surface area contributed by atoms with E-state index >= 15 is 0 Å². The van der Waals surface area contributed by atoms with E-state index in [2.05, 4.69) is 13.8 Å².